The van der Waals surface area contributed by atoms with Gasteiger partial charge < -0.3 is 15.2 Å². The second-order valence-corrected chi connectivity index (χ2v) is 5.96. The van der Waals surface area contributed by atoms with Gasteiger partial charge in [0.05, 0.1) is 6.54 Å². The van der Waals surface area contributed by atoms with Crippen LogP contribution in [0.2, 0.25) is 0 Å². The van der Waals surface area contributed by atoms with Crippen LogP contribution in [0, 0.1) is 0 Å². The molecule has 1 aromatic carbocycles. The monoisotopic (exact) mass is 345 g/mol. The van der Waals surface area contributed by atoms with Gasteiger partial charge in [-0.1, -0.05) is 12.1 Å². The number of ether oxygens (including phenoxy) is 1. The fourth-order valence-electron chi connectivity index (χ4n) is 1.86. The van der Waals surface area contributed by atoms with Crippen LogP contribution in [0.1, 0.15) is 22.2 Å². The minimum absolute atomic E-state index is 0.00808. The molecule has 1 aromatic heterocycles. The summed E-state index contributed by atoms with van der Waals surface area (Å²) >= 11 is 1.34. The number of hydrogen-bond acceptors (Lipinski definition) is 4. The SMILES string of the molecule is CC(O)(CNC(=O)c1cccc(OC(F)(F)F)c1)c1cccs1. The number of nitrogens with one attached hydrogen (secondary N) is 1. The molecule has 0 aliphatic heterocycles. The molecular formula is C15H14F3NO3S. The quantitative estimate of drug-likeness (QED) is 0.874. The van der Waals surface area contributed by atoms with Crippen molar-refractivity contribution in [1.29, 1.82) is 0 Å². The van der Waals surface area contributed by atoms with Crippen molar-refractivity contribution in [3.05, 3.63) is 52.2 Å². The molecule has 0 saturated heterocycles. The second-order valence-electron chi connectivity index (χ2n) is 5.01. The number of amides is 1. The van der Waals surface area contributed by atoms with Crippen LogP contribution in [0.5, 0.6) is 5.75 Å². The Morgan fingerprint density at radius 1 is 1.30 bits per heavy atom. The summed E-state index contributed by atoms with van der Waals surface area (Å²) in [6.45, 7) is 1.47. The average molecular weight is 345 g/mol. The van der Waals surface area contributed by atoms with Crippen LogP contribution in [-0.2, 0) is 5.60 Å². The van der Waals surface area contributed by atoms with Crippen molar-refractivity contribution in [3.63, 3.8) is 0 Å². The molecule has 4 nitrogen and oxygen atoms in total. The molecule has 0 aliphatic carbocycles. The number of aliphatic hydroxyl groups is 1. The number of thiophene rings is 1. The van der Waals surface area contributed by atoms with E-state index in [2.05, 4.69) is 10.1 Å². The van der Waals surface area contributed by atoms with Gasteiger partial charge in [-0.05, 0) is 36.6 Å². The van der Waals surface area contributed by atoms with Crippen LogP contribution in [0.25, 0.3) is 0 Å². The van der Waals surface area contributed by atoms with Crippen molar-refractivity contribution < 1.29 is 27.8 Å². The standard InChI is InChI=1S/C15H14F3NO3S/c1-14(21,12-6-3-7-23-12)9-19-13(20)10-4-2-5-11(8-10)22-15(16,17)18/h2-8,21H,9H2,1H3,(H,19,20). The molecule has 0 fully saturated rings. The molecule has 8 heteroatoms. The van der Waals surface area contributed by atoms with Crippen LogP contribution in [0.15, 0.2) is 41.8 Å². The zero-order chi connectivity index (χ0) is 17.1. The molecule has 124 valence electrons. The minimum Gasteiger partial charge on any atom is -0.406 e. The maximum absolute atomic E-state index is 12.2. The Morgan fingerprint density at radius 2 is 2.04 bits per heavy atom. The lowest BCUT2D eigenvalue weighted by molar-refractivity contribution is -0.274. The van der Waals surface area contributed by atoms with Gasteiger partial charge in [0, 0.05) is 10.4 Å². The zero-order valence-corrected chi connectivity index (χ0v) is 12.9. The first-order valence-electron chi connectivity index (χ1n) is 6.58. The fourth-order valence-corrected chi connectivity index (χ4v) is 2.65. The topological polar surface area (TPSA) is 58.6 Å². The highest BCUT2D eigenvalue weighted by atomic mass is 32.1. The summed E-state index contributed by atoms with van der Waals surface area (Å²) in [7, 11) is 0. The smallest absolute Gasteiger partial charge is 0.406 e. The first-order chi connectivity index (χ1) is 10.7. The van der Waals surface area contributed by atoms with Crippen LogP contribution >= 0.6 is 11.3 Å². The molecule has 1 heterocycles. The normalized spacial score (nSPS) is 14.1. The van der Waals surface area contributed by atoms with Crippen molar-refractivity contribution in [2.24, 2.45) is 0 Å². The highest BCUT2D eigenvalue weighted by molar-refractivity contribution is 7.10. The van der Waals surface area contributed by atoms with E-state index in [0.717, 1.165) is 12.1 Å². The number of halogens is 3. The largest absolute Gasteiger partial charge is 0.573 e. The highest BCUT2D eigenvalue weighted by Gasteiger charge is 2.31. The van der Waals surface area contributed by atoms with Gasteiger partial charge in [0.25, 0.3) is 5.91 Å². The van der Waals surface area contributed by atoms with Gasteiger partial charge in [-0.3, -0.25) is 4.79 Å². The maximum atomic E-state index is 12.2. The van der Waals surface area contributed by atoms with Crippen LogP contribution < -0.4 is 10.1 Å². The average Bonchev–Trinajstić information content (AvgIpc) is 2.98. The van der Waals surface area contributed by atoms with Crippen molar-refractivity contribution in [1.82, 2.24) is 5.32 Å². The third-order valence-electron chi connectivity index (χ3n) is 2.97. The Bertz CT molecular complexity index is 669. The van der Waals surface area contributed by atoms with Crippen molar-refractivity contribution >= 4 is 17.2 Å². The number of alkyl halides is 3. The summed E-state index contributed by atoms with van der Waals surface area (Å²) in [5.41, 5.74) is -1.25. The van der Waals surface area contributed by atoms with E-state index in [9.17, 15) is 23.1 Å². The molecule has 0 bridgehead atoms. The van der Waals surface area contributed by atoms with Gasteiger partial charge in [-0.2, -0.15) is 0 Å². The van der Waals surface area contributed by atoms with Gasteiger partial charge in [0.15, 0.2) is 0 Å². The van der Waals surface area contributed by atoms with Gasteiger partial charge in [0.2, 0.25) is 0 Å². The Morgan fingerprint density at radius 3 is 2.65 bits per heavy atom. The molecule has 2 aromatic rings. The van der Waals surface area contributed by atoms with Crippen molar-refractivity contribution in [3.8, 4) is 5.75 Å². The zero-order valence-electron chi connectivity index (χ0n) is 12.1. The number of rotatable bonds is 5. The summed E-state index contributed by atoms with van der Waals surface area (Å²) in [5, 5.41) is 14.6. The first-order valence-corrected chi connectivity index (χ1v) is 7.46. The predicted molar refractivity (Wildman–Crippen MR) is 79.3 cm³/mol. The highest BCUT2D eigenvalue weighted by Crippen LogP contribution is 2.25. The number of hydrogen-bond donors (Lipinski definition) is 2. The molecule has 0 radical (unpaired) electrons. The van der Waals surface area contributed by atoms with Crippen LogP contribution in [-0.4, -0.2) is 23.9 Å². The molecule has 2 rings (SSSR count). The van der Waals surface area contributed by atoms with Crippen molar-refractivity contribution in [2.45, 2.75) is 18.9 Å². The maximum Gasteiger partial charge on any atom is 0.573 e. The van der Waals surface area contributed by atoms with E-state index in [0.29, 0.717) is 4.88 Å². The van der Waals surface area contributed by atoms with Crippen LogP contribution in [0.4, 0.5) is 13.2 Å². The van der Waals surface area contributed by atoms with E-state index in [-0.39, 0.29) is 12.1 Å². The fraction of sp³-hybridized carbons (Fsp3) is 0.267. The van der Waals surface area contributed by atoms with E-state index in [1.54, 1.807) is 24.4 Å². The number of carbonyl (C=O) groups is 1. The van der Waals surface area contributed by atoms with E-state index in [1.165, 1.54) is 23.5 Å². The third kappa shape index (κ3) is 4.97. The molecule has 1 amide bonds. The van der Waals surface area contributed by atoms with Gasteiger partial charge >= 0.3 is 6.36 Å². The molecule has 1 unspecified atom stereocenters. The van der Waals surface area contributed by atoms with E-state index >= 15 is 0 Å². The molecule has 0 saturated carbocycles. The second kappa shape index (κ2) is 6.59. The van der Waals surface area contributed by atoms with Gasteiger partial charge in [-0.15, -0.1) is 24.5 Å². The van der Waals surface area contributed by atoms with Gasteiger partial charge in [0.1, 0.15) is 11.4 Å². The minimum atomic E-state index is -4.82. The summed E-state index contributed by atoms with van der Waals surface area (Å²) in [6, 6.07) is 8.24. The van der Waals surface area contributed by atoms with Crippen LogP contribution in [0.3, 0.4) is 0 Å². The summed E-state index contributed by atoms with van der Waals surface area (Å²) in [6.07, 6.45) is -4.82. The number of benzene rings is 1. The Kier molecular flexibility index (Phi) is 4.96. The van der Waals surface area contributed by atoms with E-state index in [4.69, 9.17) is 0 Å². The molecular weight excluding hydrogens is 331 g/mol. The lowest BCUT2D eigenvalue weighted by Crippen LogP contribution is -2.38. The number of carbonyl (C=O) groups excluding carboxylic acids is 1. The van der Waals surface area contributed by atoms with Crippen molar-refractivity contribution in [2.75, 3.05) is 6.54 Å². The first kappa shape index (κ1) is 17.3. The van der Waals surface area contributed by atoms with E-state index in [1.807, 2.05) is 0 Å². The predicted octanol–water partition coefficient (Wildman–Crippen LogP) is 3.28. The molecule has 2 N–H and O–H groups in total. The summed E-state index contributed by atoms with van der Waals surface area (Å²) in [4.78, 5) is 12.7. The molecule has 0 aliphatic rings. The third-order valence-corrected chi connectivity index (χ3v) is 4.10. The Balaban J connectivity index is 2.02. The summed E-state index contributed by atoms with van der Waals surface area (Å²) in [5.74, 6) is -1.08. The lowest BCUT2D eigenvalue weighted by Gasteiger charge is -2.22. The Labute approximate surface area is 134 Å². The molecule has 1 atom stereocenters. The molecule has 0 spiro atoms. The van der Waals surface area contributed by atoms with Gasteiger partial charge in [-0.25, -0.2) is 0 Å². The summed E-state index contributed by atoms with van der Waals surface area (Å²) < 4.78 is 40.3. The Hall–Kier alpha value is -2.06. The lowest BCUT2D eigenvalue weighted by atomic mass is 10.1. The van der Waals surface area contributed by atoms with E-state index < -0.39 is 23.6 Å². The molecule has 23 heavy (non-hydrogen) atoms.